The predicted molar refractivity (Wildman–Crippen MR) is 117 cm³/mol. The Morgan fingerprint density at radius 3 is 1.63 bits per heavy atom. The number of phenols is 4. The van der Waals surface area contributed by atoms with Crippen molar-refractivity contribution in [2.24, 2.45) is 5.92 Å². The largest absolute Gasteiger partial charge is 0.508 e. The maximum atomic E-state index is 10.5. The number of hydrogen-bond acceptors (Lipinski definition) is 4. The Labute approximate surface area is 177 Å². The third-order valence-corrected chi connectivity index (χ3v) is 6.41. The monoisotopic (exact) mass is 404 g/mol. The molecular weight excluding hydrogens is 376 g/mol. The molecule has 0 unspecified atom stereocenters. The van der Waals surface area contributed by atoms with E-state index in [-0.39, 0.29) is 23.0 Å². The van der Waals surface area contributed by atoms with Crippen LogP contribution in [0.2, 0.25) is 0 Å². The normalized spacial score (nSPS) is 19.1. The SMILES string of the molecule is CC1CCC(c2ccc(C(c3ccc(O)cc3O)c3ccc(O)cc3O)cc2)CC1. The van der Waals surface area contributed by atoms with Gasteiger partial charge in [-0.3, -0.25) is 0 Å². The second-order valence-electron chi connectivity index (χ2n) is 8.54. The highest BCUT2D eigenvalue weighted by molar-refractivity contribution is 5.55. The smallest absolute Gasteiger partial charge is 0.123 e. The minimum Gasteiger partial charge on any atom is -0.508 e. The van der Waals surface area contributed by atoms with E-state index < -0.39 is 5.92 Å². The number of phenolic OH excluding ortho intramolecular Hbond substituents is 4. The molecule has 0 saturated heterocycles. The van der Waals surface area contributed by atoms with E-state index in [4.69, 9.17) is 0 Å². The summed E-state index contributed by atoms with van der Waals surface area (Å²) in [5.41, 5.74) is 3.40. The minimum atomic E-state index is -0.438. The Bertz CT molecular complexity index is 966. The topological polar surface area (TPSA) is 80.9 Å². The van der Waals surface area contributed by atoms with Gasteiger partial charge in [-0.05, 0) is 47.9 Å². The van der Waals surface area contributed by atoms with Crippen molar-refractivity contribution in [2.45, 2.75) is 44.4 Å². The zero-order valence-corrected chi connectivity index (χ0v) is 17.1. The number of hydrogen-bond donors (Lipinski definition) is 4. The predicted octanol–water partition coefficient (Wildman–Crippen LogP) is 5.98. The summed E-state index contributed by atoms with van der Waals surface area (Å²) in [5.74, 6) is 0.818. The third kappa shape index (κ3) is 4.09. The molecule has 0 bridgehead atoms. The van der Waals surface area contributed by atoms with Crippen LogP contribution >= 0.6 is 0 Å². The molecule has 30 heavy (non-hydrogen) atoms. The van der Waals surface area contributed by atoms with Crippen molar-refractivity contribution in [3.8, 4) is 23.0 Å². The fraction of sp³-hybridized carbons (Fsp3) is 0.308. The van der Waals surface area contributed by atoms with E-state index in [2.05, 4.69) is 31.2 Å². The van der Waals surface area contributed by atoms with E-state index in [0.29, 0.717) is 17.0 Å². The molecule has 1 saturated carbocycles. The van der Waals surface area contributed by atoms with Crippen molar-refractivity contribution in [3.63, 3.8) is 0 Å². The Kier molecular flexibility index (Phi) is 5.58. The van der Waals surface area contributed by atoms with E-state index >= 15 is 0 Å². The summed E-state index contributed by atoms with van der Waals surface area (Å²) in [6.45, 7) is 2.32. The van der Waals surface area contributed by atoms with Gasteiger partial charge in [-0.25, -0.2) is 0 Å². The van der Waals surface area contributed by atoms with Gasteiger partial charge < -0.3 is 20.4 Å². The molecule has 3 aromatic rings. The van der Waals surface area contributed by atoms with Crippen molar-refractivity contribution in [2.75, 3.05) is 0 Å². The molecule has 4 N–H and O–H groups in total. The van der Waals surface area contributed by atoms with Gasteiger partial charge in [0.25, 0.3) is 0 Å². The first-order chi connectivity index (χ1) is 14.4. The fourth-order valence-corrected chi connectivity index (χ4v) is 4.63. The van der Waals surface area contributed by atoms with Gasteiger partial charge in [-0.2, -0.15) is 0 Å². The van der Waals surface area contributed by atoms with Crippen molar-refractivity contribution >= 4 is 0 Å². The van der Waals surface area contributed by atoms with Crippen molar-refractivity contribution in [1.29, 1.82) is 0 Å². The van der Waals surface area contributed by atoms with E-state index in [0.717, 1.165) is 11.5 Å². The summed E-state index contributed by atoms with van der Waals surface area (Å²) >= 11 is 0. The minimum absolute atomic E-state index is 0.0215. The van der Waals surface area contributed by atoms with Gasteiger partial charge in [0.05, 0.1) is 0 Å². The molecule has 0 aromatic heterocycles. The van der Waals surface area contributed by atoms with Gasteiger partial charge in [-0.15, -0.1) is 0 Å². The zero-order valence-electron chi connectivity index (χ0n) is 17.1. The maximum Gasteiger partial charge on any atom is 0.123 e. The van der Waals surface area contributed by atoms with Crippen LogP contribution in [0.3, 0.4) is 0 Å². The zero-order chi connectivity index (χ0) is 21.3. The maximum absolute atomic E-state index is 10.5. The van der Waals surface area contributed by atoms with Crippen LogP contribution in [0.15, 0.2) is 60.7 Å². The molecule has 1 fully saturated rings. The average Bonchev–Trinajstić information content (AvgIpc) is 2.72. The first-order valence-electron chi connectivity index (χ1n) is 10.6. The Balaban J connectivity index is 1.74. The number of rotatable bonds is 4. The molecule has 4 heteroatoms. The highest BCUT2D eigenvalue weighted by Gasteiger charge is 2.25. The van der Waals surface area contributed by atoms with E-state index in [1.54, 1.807) is 12.1 Å². The molecule has 4 rings (SSSR count). The molecule has 156 valence electrons. The average molecular weight is 405 g/mol. The summed E-state index contributed by atoms with van der Waals surface area (Å²) in [5, 5.41) is 40.5. The molecule has 0 radical (unpaired) electrons. The highest BCUT2D eigenvalue weighted by Crippen LogP contribution is 2.43. The number of aromatic hydroxyl groups is 4. The van der Waals surface area contributed by atoms with Crippen LogP contribution in [0.25, 0.3) is 0 Å². The van der Waals surface area contributed by atoms with Crippen molar-refractivity contribution < 1.29 is 20.4 Å². The summed E-state index contributed by atoms with van der Waals surface area (Å²) in [4.78, 5) is 0. The highest BCUT2D eigenvalue weighted by atomic mass is 16.3. The number of benzene rings is 3. The lowest BCUT2D eigenvalue weighted by Gasteiger charge is -2.27. The molecular formula is C26H28O4. The van der Waals surface area contributed by atoms with Gasteiger partial charge in [0.1, 0.15) is 23.0 Å². The molecule has 0 spiro atoms. The van der Waals surface area contributed by atoms with E-state index in [9.17, 15) is 20.4 Å². The quantitative estimate of drug-likeness (QED) is 0.403. The summed E-state index contributed by atoms with van der Waals surface area (Å²) < 4.78 is 0. The first kappa shape index (κ1) is 20.1. The molecule has 1 aliphatic rings. The molecule has 3 aromatic carbocycles. The van der Waals surface area contributed by atoms with Crippen LogP contribution in [0.4, 0.5) is 0 Å². The van der Waals surface area contributed by atoms with Gasteiger partial charge in [0.15, 0.2) is 0 Å². The molecule has 0 heterocycles. The van der Waals surface area contributed by atoms with Crippen LogP contribution in [0.5, 0.6) is 23.0 Å². The van der Waals surface area contributed by atoms with Crippen LogP contribution in [0.1, 0.15) is 66.7 Å². The Morgan fingerprint density at radius 2 is 1.17 bits per heavy atom. The van der Waals surface area contributed by atoms with Gasteiger partial charge in [-0.1, -0.05) is 56.2 Å². The van der Waals surface area contributed by atoms with Crippen molar-refractivity contribution in [3.05, 3.63) is 82.9 Å². The van der Waals surface area contributed by atoms with Crippen LogP contribution in [-0.4, -0.2) is 20.4 Å². The fourth-order valence-electron chi connectivity index (χ4n) is 4.63. The molecule has 0 amide bonds. The Morgan fingerprint density at radius 1 is 0.667 bits per heavy atom. The summed E-state index contributed by atoms with van der Waals surface area (Å²) in [7, 11) is 0. The van der Waals surface area contributed by atoms with Gasteiger partial charge in [0, 0.05) is 29.2 Å². The van der Waals surface area contributed by atoms with E-state index in [1.807, 2.05) is 0 Å². The lowest BCUT2D eigenvalue weighted by Crippen LogP contribution is -2.11. The molecule has 4 nitrogen and oxygen atoms in total. The van der Waals surface area contributed by atoms with Gasteiger partial charge >= 0.3 is 0 Å². The summed E-state index contributed by atoms with van der Waals surface area (Å²) in [6, 6.07) is 17.4. The van der Waals surface area contributed by atoms with Crippen LogP contribution in [-0.2, 0) is 0 Å². The molecule has 0 aliphatic heterocycles. The standard InChI is InChI=1S/C26H28O4/c1-16-2-4-17(5-3-16)18-6-8-19(9-7-18)26(22-12-10-20(27)14-24(22)29)23-13-11-21(28)15-25(23)30/h6-17,26-30H,2-5H2,1H3. The van der Waals surface area contributed by atoms with Gasteiger partial charge in [0.2, 0.25) is 0 Å². The second kappa shape index (κ2) is 8.31. The first-order valence-corrected chi connectivity index (χ1v) is 10.6. The van der Waals surface area contributed by atoms with Crippen LogP contribution < -0.4 is 0 Å². The Hall–Kier alpha value is -3.14. The summed E-state index contributed by atoms with van der Waals surface area (Å²) in [6.07, 6.45) is 4.94. The van der Waals surface area contributed by atoms with E-state index in [1.165, 1.54) is 55.5 Å². The molecule has 1 aliphatic carbocycles. The lowest BCUT2D eigenvalue weighted by molar-refractivity contribution is 0.348. The molecule has 0 atom stereocenters. The lowest BCUT2D eigenvalue weighted by atomic mass is 9.78. The van der Waals surface area contributed by atoms with Crippen LogP contribution in [0, 0.1) is 5.92 Å². The second-order valence-corrected chi connectivity index (χ2v) is 8.54. The van der Waals surface area contributed by atoms with Crippen molar-refractivity contribution in [1.82, 2.24) is 0 Å². The third-order valence-electron chi connectivity index (χ3n) is 6.41.